The Bertz CT molecular complexity index is 1460. The fourth-order valence-electron chi connectivity index (χ4n) is 5.03. The molecule has 0 aromatic carbocycles. The number of anilines is 1. The normalized spacial score (nSPS) is 17.4. The van der Waals surface area contributed by atoms with Crippen LogP contribution >= 0.6 is 0 Å². The van der Waals surface area contributed by atoms with Gasteiger partial charge in [0.2, 0.25) is 0 Å². The van der Waals surface area contributed by atoms with Crippen LogP contribution in [0.1, 0.15) is 45.5 Å². The molecule has 4 aromatic rings. The van der Waals surface area contributed by atoms with E-state index in [0.29, 0.717) is 17.0 Å². The van der Waals surface area contributed by atoms with Crippen LogP contribution in [0.3, 0.4) is 0 Å². The van der Waals surface area contributed by atoms with E-state index in [1.807, 2.05) is 38.4 Å². The van der Waals surface area contributed by atoms with Gasteiger partial charge >= 0.3 is 0 Å². The zero-order chi connectivity index (χ0) is 22.8. The molecule has 0 fully saturated rings. The van der Waals surface area contributed by atoms with Gasteiger partial charge < -0.3 is 4.90 Å². The minimum Gasteiger partial charge on any atom is -0.356 e. The summed E-state index contributed by atoms with van der Waals surface area (Å²) in [6.45, 7) is 12.7. The molecule has 0 aliphatic carbocycles. The SMILES string of the molecule is Cc1cn2nc(-c3cc(=O)n4cc(N5C(C)(C)C=CCC5(C)C)ccc4n3)cc2c(C)n1. The zero-order valence-corrected chi connectivity index (χ0v) is 19.4. The van der Waals surface area contributed by atoms with E-state index in [4.69, 9.17) is 4.98 Å². The number of aromatic nitrogens is 5. The Morgan fingerprint density at radius 2 is 1.75 bits per heavy atom. The Balaban J connectivity index is 1.63. The monoisotopic (exact) mass is 428 g/mol. The van der Waals surface area contributed by atoms with Crippen LogP contribution in [0, 0.1) is 13.8 Å². The van der Waals surface area contributed by atoms with Crippen LogP contribution in [0.5, 0.6) is 0 Å². The second kappa shape index (κ2) is 6.76. The molecule has 0 saturated heterocycles. The van der Waals surface area contributed by atoms with Crippen molar-refractivity contribution < 1.29 is 0 Å². The summed E-state index contributed by atoms with van der Waals surface area (Å²) in [6, 6.07) is 7.45. The first kappa shape index (κ1) is 20.4. The lowest BCUT2D eigenvalue weighted by Crippen LogP contribution is -2.57. The van der Waals surface area contributed by atoms with Gasteiger partial charge in [0.15, 0.2) is 0 Å². The van der Waals surface area contributed by atoms with E-state index in [-0.39, 0.29) is 16.6 Å². The first-order valence-electron chi connectivity index (χ1n) is 10.9. The molecule has 1 aliphatic heterocycles. The number of hydrogen-bond acceptors (Lipinski definition) is 5. The van der Waals surface area contributed by atoms with Crippen molar-refractivity contribution in [1.82, 2.24) is 24.0 Å². The van der Waals surface area contributed by atoms with Crippen LogP contribution in [0.25, 0.3) is 22.6 Å². The molecule has 5 rings (SSSR count). The summed E-state index contributed by atoms with van der Waals surface area (Å²) in [7, 11) is 0. The molecule has 0 unspecified atom stereocenters. The number of fused-ring (bicyclic) bond motifs is 2. The molecule has 1 aliphatic rings. The van der Waals surface area contributed by atoms with E-state index in [1.54, 1.807) is 15.0 Å². The van der Waals surface area contributed by atoms with Crippen LogP contribution in [0.15, 0.2) is 53.6 Å². The van der Waals surface area contributed by atoms with Crippen molar-refractivity contribution in [2.75, 3.05) is 4.90 Å². The maximum Gasteiger partial charge on any atom is 0.258 e. The lowest BCUT2D eigenvalue weighted by molar-refractivity contribution is 0.365. The molecule has 7 nitrogen and oxygen atoms in total. The molecular weight excluding hydrogens is 400 g/mol. The van der Waals surface area contributed by atoms with Crippen molar-refractivity contribution in [2.24, 2.45) is 0 Å². The Morgan fingerprint density at radius 1 is 0.969 bits per heavy atom. The molecule has 0 saturated carbocycles. The first-order chi connectivity index (χ1) is 15.0. The van der Waals surface area contributed by atoms with Gasteiger partial charge in [-0.15, -0.1) is 0 Å². The third-order valence-electron chi connectivity index (χ3n) is 6.25. The topological polar surface area (TPSA) is 67.8 Å². The van der Waals surface area contributed by atoms with Crippen molar-refractivity contribution in [1.29, 1.82) is 0 Å². The Kier molecular flexibility index (Phi) is 4.31. The molecule has 0 radical (unpaired) electrons. The molecule has 0 bridgehead atoms. The van der Waals surface area contributed by atoms with Gasteiger partial charge in [0.1, 0.15) is 11.3 Å². The molecule has 4 aromatic heterocycles. The lowest BCUT2D eigenvalue weighted by Gasteiger charge is -2.51. The van der Waals surface area contributed by atoms with Crippen LogP contribution in [-0.4, -0.2) is 35.1 Å². The summed E-state index contributed by atoms with van der Waals surface area (Å²) in [5.74, 6) is 0. The molecule has 0 spiro atoms. The van der Waals surface area contributed by atoms with E-state index in [1.165, 1.54) is 0 Å². The van der Waals surface area contributed by atoms with Gasteiger partial charge in [-0.1, -0.05) is 12.2 Å². The van der Waals surface area contributed by atoms with Gasteiger partial charge in [0, 0.05) is 17.8 Å². The number of hydrogen-bond donors (Lipinski definition) is 0. The average Bonchev–Trinajstić information content (AvgIpc) is 3.11. The smallest absolute Gasteiger partial charge is 0.258 e. The highest BCUT2D eigenvalue weighted by molar-refractivity contribution is 5.66. The molecule has 0 N–H and O–H groups in total. The van der Waals surface area contributed by atoms with Crippen LogP contribution in [0.4, 0.5) is 5.69 Å². The molecule has 7 heteroatoms. The van der Waals surface area contributed by atoms with Crippen molar-refractivity contribution in [2.45, 2.75) is 59.0 Å². The lowest BCUT2D eigenvalue weighted by atomic mass is 9.84. The Hall–Kier alpha value is -3.48. The highest BCUT2D eigenvalue weighted by atomic mass is 16.1. The predicted octanol–water partition coefficient (Wildman–Crippen LogP) is 4.34. The second-order valence-electron chi connectivity index (χ2n) is 9.83. The van der Waals surface area contributed by atoms with E-state index in [0.717, 1.165) is 29.0 Å². The summed E-state index contributed by atoms with van der Waals surface area (Å²) in [4.78, 5) is 24.7. The van der Waals surface area contributed by atoms with E-state index in [2.05, 4.69) is 60.9 Å². The van der Waals surface area contributed by atoms with Crippen LogP contribution in [0.2, 0.25) is 0 Å². The molecular formula is C25H28N6O. The van der Waals surface area contributed by atoms with Gasteiger partial charge in [0.05, 0.1) is 40.0 Å². The van der Waals surface area contributed by atoms with Crippen molar-refractivity contribution in [3.8, 4) is 11.4 Å². The Labute approximate surface area is 187 Å². The van der Waals surface area contributed by atoms with Gasteiger partial charge in [-0.25, -0.2) is 9.50 Å². The largest absolute Gasteiger partial charge is 0.356 e. The summed E-state index contributed by atoms with van der Waals surface area (Å²) in [5, 5.41) is 4.63. The molecule has 5 heterocycles. The van der Waals surface area contributed by atoms with Crippen LogP contribution in [-0.2, 0) is 0 Å². The van der Waals surface area contributed by atoms with Crippen molar-refractivity contribution in [3.63, 3.8) is 0 Å². The quantitative estimate of drug-likeness (QED) is 0.444. The van der Waals surface area contributed by atoms with Crippen molar-refractivity contribution >= 4 is 16.9 Å². The molecule has 164 valence electrons. The standard InChI is InChI=1S/C25H28N6O/c1-16-14-30-21(17(2)26-16)12-20(28-30)19-13-23(32)29-15-18(8-9-22(29)27-19)31-24(3,4)10-7-11-25(31,5)6/h7-10,12-15H,11H2,1-6H3. The van der Waals surface area contributed by atoms with Crippen LogP contribution < -0.4 is 10.5 Å². The summed E-state index contributed by atoms with van der Waals surface area (Å²) in [5.41, 5.74) is 5.16. The summed E-state index contributed by atoms with van der Waals surface area (Å²) >= 11 is 0. The minimum absolute atomic E-state index is 0.0660. The van der Waals surface area contributed by atoms with Gasteiger partial charge in [-0.3, -0.25) is 14.2 Å². The Morgan fingerprint density at radius 3 is 2.50 bits per heavy atom. The average molecular weight is 429 g/mol. The number of pyridine rings is 1. The predicted molar refractivity (Wildman–Crippen MR) is 127 cm³/mol. The van der Waals surface area contributed by atoms with Crippen molar-refractivity contribution in [3.05, 3.63) is 70.6 Å². The van der Waals surface area contributed by atoms with Gasteiger partial charge in [-0.05, 0) is 66.2 Å². The summed E-state index contributed by atoms with van der Waals surface area (Å²) in [6.07, 6.45) is 9.20. The maximum atomic E-state index is 13.1. The maximum absolute atomic E-state index is 13.1. The third-order valence-corrected chi connectivity index (χ3v) is 6.25. The fourth-order valence-corrected chi connectivity index (χ4v) is 5.03. The van der Waals surface area contributed by atoms with E-state index < -0.39 is 0 Å². The van der Waals surface area contributed by atoms with E-state index >= 15 is 0 Å². The fraction of sp³-hybridized carbons (Fsp3) is 0.360. The van der Waals surface area contributed by atoms with Gasteiger partial charge in [-0.2, -0.15) is 5.10 Å². The van der Waals surface area contributed by atoms with Gasteiger partial charge in [0.25, 0.3) is 5.56 Å². The third kappa shape index (κ3) is 3.20. The minimum atomic E-state index is -0.160. The zero-order valence-electron chi connectivity index (χ0n) is 19.4. The highest BCUT2D eigenvalue weighted by Gasteiger charge is 2.38. The first-order valence-corrected chi connectivity index (χ1v) is 10.9. The summed E-state index contributed by atoms with van der Waals surface area (Å²) < 4.78 is 3.42. The van der Waals surface area contributed by atoms with E-state index in [9.17, 15) is 4.79 Å². The molecule has 0 atom stereocenters. The molecule has 0 amide bonds. The number of nitrogens with zero attached hydrogens (tertiary/aromatic N) is 6. The highest BCUT2D eigenvalue weighted by Crippen LogP contribution is 2.38. The number of aryl methyl sites for hydroxylation is 2. The number of rotatable bonds is 2. The molecule has 32 heavy (non-hydrogen) atoms. The second-order valence-corrected chi connectivity index (χ2v) is 9.83.